The molecule has 1 unspecified atom stereocenters. The van der Waals surface area contributed by atoms with Crippen molar-refractivity contribution in [2.24, 2.45) is 0 Å². The number of nitrogens with one attached hydrogen (secondary N) is 1. The van der Waals surface area contributed by atoms with Crippen molar-refractivity contribution in [1.29, 1.82) is 0 Å². The zero-order valence-corrected chi connectivity index (χ0v) is 12.4. The molecule has 1 N–H and O–H groups in total. The highest BCUT2D eigenvalue weighted by atomic mass is 79.9. The summed E-state index contributed by atoms with van der Waals surface area (Å²) in [4.78, 5) is 2.47. The lowest BCUT2D eigenvalue weighted by Crippen LogP contribution is -2.51. The maximum Gasteiger partial charge on any atom is 0.120 e. The molecule has 1 heterocycles. The maximum atomic E-state index is 5.77. The number of ether oxygens (including phenoxy) is 1. The summed E-state index contributed by atoms with van der Waals surface area (Å²) in [5, 5.41) is 3.53. The Balaban J connectivity index is 1.72. The molecule has 100 valence electrons. The predicted molar refractivity (Wildman–Crippen MR) is 78.2 cm³/mol. The lowest BCUT2D eigenvalue weighted by molar-refractivity contribution is 0.164. The molecule has 1 aliphatic heterocycles. The normalized spacial score (nSPS) is 20.9. The van der Waals surface area contributed by atoms with Gasteiger partial charge in [0, 0.05) is 36.7 Å². The van der Waals surface area contributed by atoms with E-state index in [4.69, 9.17) is 4.74 Å². The highest BCUT2D eigenvalue weighted by Gasteiger charge is 2.17. The van der Waals surface area contributed by atoms with Crippen molar-refractivity contribution in [3.8, 4) is 5.75 Å². The summed E-state index contributed by atoms with van der Waals surface area (Å²) in [7, 11) is 0. The van der Waals surface area contributed by atoms with Gasteiger partial charge < -0.3 is 10.1 Å². The molecule has 0 aliphatic carbocycles. The molecule has 2 rings (SSSR count). The fourth-order valence-corrected chi connectivity index (χ4v) is 2.60. The number of piperazine rings is 1. The van der Waals surface area contributed by atoms with E-state index >= 15 is 0 Å². The van der Waals surface area contributed by atoms with E-state index in [2.05, 4.69) is 33.1 Å². The minimum atomic E-state index is 0.643. The standard InChI is InChI=1S/C14H21BrN2O/c1-2-13-11-17(7-6-16-13)8-9-18-14-5-3-4-12(15)10-14/h3-5,10,13,16H,2,6-9,11H2,1H3. The molecule has 0 saturated carbocycles. The molecule has 0 radical (unpaired) electrons. The average molecular weight is 313 g/mol. The Bertz CT molecular complexity index is 373. The summed E-state index contributed by atoms with van der Waals surface area (Å²) in [5.41, 5.74) is 0. The van der Waals surface area contributed by atoms with Gasteiger partial charge in [-0.3, -0.25) is 4.90 Å². The van der Waals surface area contributed by atoms with Gasteiger partial charge in [-0.2, -0.15) is 0 Å². The van der Waals surface area contributed by atoms with Crippen molar-refractivity contribution in [2.75, 3.05) is 32.8 Å². The van der Waals surface area contributed by atoms with Gasteiger partial charge in [-0.1, -0.05) is 28.9 Å². The minimum Gasteiger partial charge on any atom is -0.492 e. The van der Waals surface area contributed by atoms with E-state index < -0.39 is 0 Å². The smallest absolute Gasteiger partial charge is 0.120 e. The molecule has 1 fully saturated rings. The van der Waals surface area contributed by atoms with Crippen LogP contribution in [-0.2, 0) is 0 Å². The van der Waals surface area contributed by atoms with Crippen LogP contribution >= 0.6 is 15.9 Å². The van der Waals surface area contributed by atoms with Crippen molar-refractivity contribution in [1.82, 2.24) is 10.2 Å². The summed E-state index contributed by atoms with van der Waals surface area (Å²) < 4.78 is 6.83. The van der Waals surface area contributed by atoms with Crippen LogP contribution in [-0.4, -0.2) is 43.7 Å². The molecule has 1 saturated heterocycles. The first-order chi connectivity index (χ1) is 8.78. The lowest BCUT2D eigenvalue weighted by Gasteiger charge is -2.33. The highest BCUT2D eigenvalue weighted by molar-refractivity contribution is 9.10. The molecule has 0 aromatic heterocycles. The van der Waals surface area contributed by atoms with Crippen LogP contribution in [0.25, 0.3) is 0 Å². The fourth-order valence-electron chi connectivity index (χ4n) is 2.22. The summed E-state index contributed by atoms with van der Waals surface area (Å²) in [6, 6.07) is 8.65. The molecule has 1 atom stereocenters. The van der Waals surface area contributed by atoms with E-state index in [1.165, 1.54) is 6.42 Å². The Morgan fingerprint density at radius 2 is 2.39 bits per heavy atom. The van der Waals surface area contributed by atoms with Gasteiger partial charge in [0.1, 0.15) is 12.4 Å². The maximum absolute atomic E-state index is 5.77. The molecular weight excluding hydrogens is 292 g/mol. The fraction of sp³-hybridized carbons (Fsp3) is 0.571. The predicted octanol–water partition coefficient (Wildman–Crippen LogP) is 2.51. The van der Waals surface area contributed by atoms with Crippen LogP contribution in [0.15, 0.2) is 28.7 Å². The van der Waals surface area contributed by atoms with Crippen molar-refractivity contribution < 1.29 is 4.74 Å². The Hall–Kier alpha value is -0.580. The van der Waals surface area contributed by atoms with Crippen LogP contribution in [0.4, 0.5) is 0 Å². The Kier molecular flexibility index (Phi) is 5.47. The Labute approximate surface area is 118 Å². The van der Waals surface area contributed by atoms with Gasteiger partial charge >= 0.3 is 0 Å². The molecule has 1 aromatic carbocycles. The van der Waals surface area contributed by atoms with Gasteiger partial charge in [0.05, 0.1) is 0 Å². The third-order valence-corrected chi connectivity index (χ3v) is 3.80. The minimum absolute atomic E-state index is 0.643. The average Bonchev–Trinajstić information content (AvgIpc) is 2.39. The molecule has 0 amide bonds. The lowest BCUT2D eigenvalue weighted by atomic mass is 10.1. The van der Waals surface area contributed by atoms with E-state index in [0.717, 1.165) is 43.0 Å². The second-order valence-corrected chi connectivity index (χ2v) is 5.58. The summed E-state index contributed by atoms with van der Waals surface area (Å²) in [6.07, 6.45) is 1.20. The van der Waals surface area contributed by atoms with Crippen LogP contribution in [0.1, 0.15) is 13.3 Å². The third-order valence-electron chi connectivity index (χ3n) is 3.30. The number of nitrogens with zero attached hydrogens (tertiary/aromatic N) is 1. The van der Waals surface area contributed by atoms with E-state index in [0.29, 0.717) is 6.04 Å². The molecule has 18 heavy (non-hydrogen) atoms. The monoisotopic (exact) mass is 312 g/mol. The SMILES string of the molecule is CCC1CN(CCOc2cccc(Br)c2)CCN1. The van der Waals surface area contributed by atoms with E-state index in [1.807, 2.05) is 24.3 Å². The van der Waals surface area contributed by atoms with Gasteiger partial charge in [-0.15, -0.1) is 0 Å². The Morgan fingerprint density at radius 3 is 3.17 bits per heavy atom. The molecule has 3 nitrogen and oxygen atoms in total. The van der Waals surface area contributed by atoms with Crippen LogP contribution in [0.3, 0.4) is 0 Å². The number of hydrogen-bond acceptors (Lipinski definition) is 3. The van der Waals surface area contributed by atoms with Crippen LogP contribution in [0, 0.1) is 0 Å². The first-order valence-electron chi connectivity index (χ1n) is 6.62. The first kappa shape index (κ1) is 13.8. The number of hydrogen-bond donors (Lipinski definition) is 1. The second kappa shape index (κ2) is 7.12. The van der Waals surface area contributed by atoms with E-state index in [-0.39, 0.29) is 0 Å². The molecule has 1 aromatic rings. The van der Waals surface area contributed by atoms with E-state index in [1.54, 1.807) is 0 Å². The van der Waals surface area contributed by atoms with Crippen molar-refractivity contribution in [2.45, 2.75) is 19.4 Å². The Morgan fingerprint density at radius 1 is 1.50 bits per heavy atom. The molecule has 1 aliphatic rings. The first-order valence-corrected chi connectivity index (χ1v) is 7.41. The van der Waals surface area contributed by atoms with Gasteiger partial charge in [-0.25, -0.2) is 0 Å². The van der Waals surface area contributed by atoms with Gasteiger partial charge in [0.15, 0.2) is 0 Å². The third kappa shape index (κ3) is 4.26. The molecule has 0 spiro atoms. The summed E-state index contributed by atoms with van der Waals surface area (Å²) in [6.45, 7) is 7.35. The number of halogens is 1. The van der Waals surface area contributed by atoms with Crippen LogP contribution in [0.5, 0.6) is 5.75 Å². The number of rotatable bonds is 5. The van der Waals surface area contributed by atoms with Crippen molar-refractivity contribution in [3.63, 3.8) is 0 Å². The highest BCUT2D eigenvalue weighted by Crippen LogP contribution is 2.17. The largest absolute Gasteiger partial charge is 0.492 e. The summed E-state index contributed by atoms with van der Waals surface area (Å²) >= 11 is 3.45. The second-order valence-electron chi connectivity index (χ2n) is 4.67. The van der Waals surface area contributed by atoms with Crippen LogP contribution < -0.4 is 10.1 Å². The quantitative estimate of drug-likeness (QED) is 0.904. The van der Waals surface area contributed by atoms with Gasteiger partial charge in [0.2, 0.25) is 0 Å². The summed E-state index contributed by atoms with van der Waals surface area (Å²) in [5.74, 6) is 0.937. The van der Waals surface area contributed by atoms with Crippen molar-refractivity contribution >= 4 is 15.9 Å². The van der Waals surface area contributed by atoms with Gasteiger partial charge in [0.25, 0.3) is 0 Å². The van der Waals surface area contributed by atoms with Crippen molar-refractivity contribution in [3.05, 3.63) is 28.7 Å². The zero-order valence-electron chi connectivity index (χ0n) is 10.9. The zero-order chi connectivity index (χ0) is 12.8. The molecule has 4 heteroatoms. The van der Waals surface area contributed by atoms with Gasteiger partial charge in [-0.05, 0) is 24.6 Å². The molecule has 0 bridgehead atoms. The topological polar surface area (TPSA) is 24.5 Å². The molecular formula is C14H21BrN2O. The van der Waals surface area contributed by atoms with E-state index in [9.17, 15) is 0 Å². The number of benzene rings is 1. The van der Waals surface area contributed by atoms with Crippen LogP contribution in [0.2, 0.25) is 0 Å².